The summed E-state index contributed by atoms with van der Waals surface area (Å²) in [6.07, 6.45) is 0.302. The Balaban J connectivity index is 1.68. The number of H-pyrrole nitrogens is 1. The molecule has 0 saturated carbocycles. The molecule has 2 N–H and O–H groups in total. The molecule has 1 amide bonds. The highest BCUT2D eigenvalue weighted by Gasteiger charge is 2.09. The van der Waals surface area contributed by atoms with Crippen molar-refractivity contribution in [2.24, 2.45) is 0 Å². The summed E-state index contributed by atoms with van der Waals surface area (Å²) in [7, 11) is 0. The molecule has 0 bridgehead atoms. The third-order valence-corrected chi connectivity index (χ3v) is 3.66. The highest BCUT2D eigenvalue weighted by atomic mass is 19.2. The molecule has 0 spiro atoms. The lowest BCUT2D eigenvalue weighted by molar-refractivity contribution is -0.116. The molecule has 4 nitrogen and oxygen atoms in total. The van der Waals surface area contributed by atoms with Crippen molar-refractivity contribution >= 4 is 22.5 Å². The van der Waals surface area contributed by atoms with Crippen LogP contribution in [-0.2, 0) is 11.2 Å². The molecule has 0 aliphatic carbocycles. The minimum absolute atomic E-state index is 0.0560. The Morgan fingerprint density at radius 2 is 1.83 bits per heavy atom. The van der Waals surface area contributed by atoms with Crippen LogP contribution < -0.4 is 10.9 Å². The highest BCUT2D eigenvalue weighted by Crippen LogP contribution is 2.14. The zero-order valence-electron chi connectivity index (χ0n) is 12.6. The van der Waals surface area contributed by atoms with Gasteiger partial charge in [-0.1, -0.05) is 18.2 Å². The number of carbonyl (C=O) groups is 1. The molecule has 24 heavy (non-hydrogen) atoms. The summed E-state index contributed by atoms with van der Waals surface area (Å²) in [6, 6.07) is 12.2. The van der Waals surface area contributed by atoms with Crippen LogP contribution in [-0.4, -0.2) is 10.9 Å². The maximum absolute atomic E-state index is 13.1. The van der Waals surface area contributed by atoms with E-state index < -0.39 is 11.6 Å². The van der Waals surface area contributed by atoms with Gasteiger partial charge in [-0.15, -0.1) is 0 Å². The van der Waals surface area contributed by atoms with Gasteiger partial charge in [0.2, 0.25) is 5.91 Å². The number of amides is 1. The molecule has 3 rings (SSSR count). The molecular formula is C18H14F2N2O2. The van der Waals surface area contributed by atoms with Gasteiger partial charge in [-0.2, -0.15) is 0 Å². The second kappa shape index (κ2) is 6.62. The number of para-hydroxylation sites is 1. The first-order valence-corrected chi connectivity index (χ1v) is 7.39. The Morgan fingerprint density at radius 1 is 1.04 bits per heavy atom. The minimum Gasteiger partial charge on any atom is -0.326 e. The number of aromatic amines is 1. The molecule has 0 atom stereocenters. The van der Waals surface area contributed by atoms with Crippen molar-refractivity contribution in [3.63, 3.8) is 0 Å². The standard InChI is InChI=1S/C18H14F2N2O2/c19-14-7-6-13(10-15(14)20)21-17(23)8-5-12-9-11-3-1-2-4-16(11)22-18(12)24/h1-4,6-7,9-10H,5,8H2,(H,21,23)(H,22,24). The average Bonchev–Trinajstić information content (AvgIpc) is 2.56. The van der Waals surface area contributed by atoms with Gasteiger partial charge in [0.25, 0.3) is 5.56 Å². The van der Waals surface area contributed by atoms with E-state index in [9.17, 15) is 18.4 Å². The largest absolute Gasteiger partial charge is 0.326 e. The lowest BCUT2D eigenvalue weighted by Gasteiger charge is -2.06. The summed E-state index contributed by atoms with van der Waals surface area (Å²) in [6.45, 7) is 0. The van der Waals surface area contributed by atoms with E-state index in [-0.39, 0.29) is 30.0 Å². The molecule has 0 radical (unpaired) electrons. The van der Waals surface area contributed by atoms with Gasteiger partial charge in [0.15, 0.2) is 11.6 Å². The van der Waals surface area contributed by atoms with Gasteiger partial charge in [-0.25, -0.2) is 8.78 Å². The van der Waals surface area contributed by atoms with Gasteiger partial charge in [0, 0.05) is 29.3 Å². The molecule has 0 saturated heterocycles. The quantitative estimate of drug-likeness (QED) is 0.771. The van der Waals surface area contributed by atoms with Crippen LogP contribution in [0.1, 0.15) is 12.0 Å². The van der Waals surface area contributed by atoms with Crippen molar-refractivity contribution in [2.75, 3.05) is 5.32 Å². The Labute approximate surface area is 136 Å². The molecule has 0 aliphatic heterocycles. The fourth-order valence-electron chi connectivity index (χ4n) is 2.42. The first-order chi connectivity index (χ1) is 11.5. The van der Waals surface area contributed by atoms with Crippen LogP contribution in [0.15, 0.2) is 53.3 Å². The monoisotopic (exact) mass is 328 g/mol. The molecule has 3 aromatic rings. The van der Waals surface area contributed by atoms with Crippen LogP contribution in [0.25, 0.3) is 10.9 Å². The fourth-order valence-corrected chi connectivity index (χ4v) is 2.42. The van der Waals surface area contributed by atoms with Crippen LogP contribution in [0.2, 0.25) is 0 Å². The second-order valence-corrected chi connectivity index (χ2v) is 5.39. The normalized spacial score (nSPS) is 10.8. The van der Waals surface area contributed by atoms with Crippen LogP contribution in [0, 0.1) is 11.6 Å². The number of rotatable bonds is 4. The summed E-state index contributed by atoms with van der Waals surface area (Å²) in [4.78, 5) is 26.7. The highest BCUT2D eigenvalue weighted by molar-refractivity contribution is 5.90. The zero-order valence-corrected chi connectivity index (χ0v) is 12.6. The summed E-state index contributed by atoms with van der Waals surface area (Å²) in [5, 5.41) is 3.36. The molecule has 6 heteroatoms. The molecule has 0 unspecified atom stereocenters. The maximum atomic E-state index is 13.1. The molecule has 0 fully saturated rings. The molecular weight excluding hydrogens is 314 g/mol. The number of carbonyl (C=O) groups excluding carboxylic acids is 1. The van der Waals surface area contributed by atoms with Crippen molar-refractivity contribution in [3.8, 4) is 0 Å². The number of hydrogen-bond donors (Lipinski definition) is 2. The lowest BCUT2D eigenvalue weighted by Crippen LogP contribution is -2.17. The smallest absolute Gasteiger partial charge is 0.251 e. The van der Waals surface area contributed by atoms with Crippen molar-refractivity contribution in [3.05, 3.63) is 76.1 Å². The lowest BCUT2D eigenvalue weighted by atomic mass is 10.1. The van der Waals surface area contributed by atoms with E-state index in [2.05, 4.69) is 10.3 Å². The SMILES string of the molecule is O=C(CCc1cc2ccccc2[nH]c1=O)Nc1ccc(F)c(F)c1. The van der Waals surface area contributed by atoms with Crippen LogP contribution in [0.4, 0.5) is 14.5 Å². The average molecular weight is 328 g/mol. The number of fused-ring (bicyclic) bond motifs is 1. The van der Waals surface area contributed by atoms with Gasteiger partial charge < -0.3 is 10.3 Å². The summed E-state index contributed by atoms with van der Waals surface area (Å²) in [5.41, 5.74) is 1.16. The van der Waals surface area contributed by atoms with E-state index in [1.165, 1.54) is 6.07 Å². The van der Waals surface area contributed by atoms with Crippen molar-refractivity contribution in [2.45, 2.75) is 12.8 Å². The van der Waals surface area contributed by atoms with E-state index >= 15 is 0 Å². The summed E-state index contributed by atoms with van der Waals surface area (Å²) < 4.78 is 26.0. The zero-order chi connectivity index (χ0) is 17.1. The molecule has 1 aromatic heterocycles. The number of aromatic nitrogens is 1. The molecule has 122 valence electrons. The number of anilines is 1. The number of hydrogen-bond acceptors (Lipinski definition) is 2. The van der Waals surface area contributed by atoms with E-state index in [1.807, 2.05) is 18.2 Å². The van der Waals surface area contributed by atoms with Gasteiger partial charge in [0.1, 0.15) is 0 Å². The van der Waals surface area contributed by atoms with Crippen molar-refractivity contribution < 1.29 is 13.6 Å². The van der Waals surface area contributed by atoms with E-state index in [0.717, 1.165) is 23.0 Å². The van der Waals surface area contributed by atoms with Gasteiger partial charge in [-0.3, -0.25) is 9.59 Å². The Hall–Kier alpha value is -3.02. The van der Waals surface area contributed by atoms with Gasteiger partial charge in [0.05, 0.1) is 0 Å². The van der Waals surface area contributed by atoms with Crippen LogP contribution >= 0.6 is 0 Å². The van der Waals surface area contributed by atoms with Crippen LogP contribution in [0.5, 0.6) is 0 Å². The predicted octanol–water partition coefficient (Wildman–Crippen LogP) is 3.38. The number of pyridine rings is 1. The number of nitrogens with one attached hydrogen (secondary N) is 2. The molecule has 0 aliphatic rings. The van der Waals surface area contributed by atoms with E-state index in [4.69, 9.17) is 0 Å². The first kappa shape index (κ1) is 15.9. The number of benzene rings is 2. The molecule has 1 heterocycles. The van der Waals surface area contributed by atoms with Crippen molar-refractivity contribution in [1.29, 1.82) is 0 Å². The fraction of sp³-hybridized carbons (Fsp3) is 0.111. The van der Waals surface area contributed by atoms with E-state index in [0.29, 0.717) is 5.56 Å². The topological polar surface area (TPSA) is 62.0 Å². The number of halogens is 2. The van der Waals surface area contributed by atoms with E-state index in [1.54, 1.807) is 12.1 Å². The maximum Gasteiger partial charge on any atom is 0.251 e. The predicted molar refractivity (Wildman–Crippen MR) is 87.9 cm³/mol. The number of aryl methyl sites for hydroxylation is 1. The first-order valence-electron chi connectivity index (χ1n) is 7.39. The third-order valence-electron chi connectivity index (χ3n) is 3.66. The molecule has 2 aromatic carbocycles. The van der Waals surface area contributed by atoms with Crippen LogP contribution in [0.3, 0.4) is 0 Å². The minimum atomic E-state index is -1.03. The van der Waals surface area contributed by atoms with Crippen molar-refractivity contribution in [1.82, 2.24) is 4.98 Å². The third kappa shape index (κ3) is 3.48. The van der Waals surface area contributed by atoms with Gasteiger partial charge >= 0.3 is 0 Å². The Morgan fingerprint density at radius 3 is 2.62 bits per heavy atom. The Kier molecular flexibility index (Phi) is 4.37. The Bertz CT molecular complexity index is 967. The summed E-state index contributed by atoms with van der Waals surface area (Å²) >= 11 is 0. The second-order valence-electron chi connectivity index (χ2n) is 5.39. The van der Waals surface area contributed by atoms with Gasteiger partial charge in [-0.05, 0) is 36.1 Å². The summed E-state index contributed by atoms with van der Waals surface area (Å²) in [5.74, 6) is -2.39.